The number of hydrogen-bond acceptors (Lipinski definition) is 5. The van der Waals surface area contributed by atoms with Crippen LogP contribution in [-0.2, 0) is 14.3 Å². The first-order valence-corrected chi connectivity index (χ1v) is 7.13. The fraction of sp³-hybridized carbons (Fsp3) is 0.846. The zero-order valence-electron chi connectivity index (χ0n) is 11.6. The highest BCUT2D eigenvalue weighted by atomic mass is 16.6. The molecule has 2 aliphatic carbocycles. The molecule has 2 saturated carbocycles. The van der Waals surface area contributed by atoms with Crippen LogP contribution in [0.5, 0.6) is 0 Å². The number of rotatable bonds is 5. The third-order valence-electron chi connectivity index (χ3n) is 4.10. The molecule has 2 rings (SSSR count). The van der Waals surface area contributed by atoms with Gasteiger partial charge in [-0.2, -0.15) is 0 Å². The zero-order chi connectivity index (χ0) is 14.8. The lowest BCUT2D eigenvalue weighted by molar-refractivity contribution is -0.497. The van der Waals surface area contributed by atoms with Crippen molar-refractivity contribution in [2.45, 2.75) is 57.0 Å². The highest BCUT2D eigenvalue weighted by Gasteiger charge is 2.55. The van der Waals surface area contributed by atoms with Gasteiger partial charge >= 0.3 is 5.97 Å². The third kappa shape index (κ3) is 2.91. The maximum absolute atomic E-state index is 12.1. The summed E-state index contributed by atoms with van der Waals surface area (Å²) in [6.45, 7) is 1.98. The number of esters is 1. The summed E-state index contributed by atoms with van der Waals surface area (Å²) in [6.07, 6.45) is 4.08. The molecule has 0 aliphatic heterocycles. The van der Waals surface area contributed by atoms with Crippen molar-refractivity contribution < 1.29 is 19.2 Å². The molecular formula is C13H20N2O5. The minimum Gasteiger partial charge on any atom is -0.464 e. The monoisotopic (exact) mass is 284 g/mol. The van der Waals surface area contributed by atoms with E-state index in [1.165, 1.54) is 0 Å². The Bertz CT molecular complexity index is 417. The SMILES string of the molecule is CCOC(=O)C1(NC(=O)C2CC2[N+](=O)[O-])CCCCC1. The predicted molar refractivity (Wildman–Crippen MR) is 69.5 cm³/mol. The third-order valence-corrected chi connectivity index (χ3v) is 4.10. The van der Waals surface area contributed by atoms with E-state index >= 15 is 0 Å². The van der Waals surface area contributed by atoms with Crippen LogP contribution < -0.4 is 5.32 Å². The van der Waals surface area contributed by atoms with E-state index in [9.17, 15) is 19.7 Å². The zero-order valence-corrected chi connectivity index (χ0v) is 11.6. The van der Waals surface area contributed by atoms with Crippen LogP contribution in [0.4, 0.5) is 0 Å². The summed E-state index contributed by atoms with van der Waals surface area (Å²) >= 11 is 0. The molecule has 2 atom stereocenters. The molecular weight excluding hydrogens is 264 g/mol. The normalized spacial score (nSPS) is 27.4. The number of carbonyl (C=O) groups is 2. The van der Waals surface area contributed by atoms with E-state index in [0.717, 1.165) is 19.3 Å². The summed E-state index contributed by atoms with van der Waals surface area (Å²) in [5, 5.41) is 13.4. The molecule has 7 heteroatoms. The maximum atomic E-state index is 12.1. The quantitative estimate of drug-likeness (QED) is 0.462. The minimum atomic E-state index is -0.977. The Hall–Kier alpha value is -1.66. The molecule has 2 unspecified atom stereocenters. The van der Waals surface area contributed by atoms with E-state index in [-0.39, 0.29) is 18.9 Å². The van der Waals surface area contributed by atoms with Crippen molar-refractivity contribution in [2.24, 2.45) is 5.92 Å². The van der Waals surface area contributed by atoms with Crippen LogP contribution in [0.3, 0.4) is 0 Å². The number of nitrogens with zero attached hydrogens (tertiary/aromatic N) is 1. The van der Waals surface area contributed by atoms with Crippen molar-refractivity contribution in [3.63, 3.8) is 0 Å². The highest BCUT2D eigenvalue weighted by molar-refractivity contribution is 5.90. The van der Waals surface area contributed by atoms with E-state index in [2.05, 4.69) is 5.32 Å². The molecule has 0 radical (unpaired) electrons. The average Bonchev–Trinajstić information content (AvgIpc) is 3.20. The first-order chi connectivity index (χ1) is 9.50. The second kappa shape index (κ2) is 5.76. The molecule has 0 heterocycles. The number of nitro groups is 1. The van der Waals surface area contributed by atoms with Crippen molar-refractivity contribution in [1.29, 1.82) is 0 Å². The first-order valence-electron chi connectivity index (χ1n) is 7.13. The Morgan fingerprint density at radius 2 is 2.00 bits per heavy atom. The first kappa shape index (κ1) is 14.7. The maximum Gasteiger partial charge on any atom is 0.331 e. The molecule has 0 aromatic heterocycles. The molecule has 0 aromatic rings. The Balaban J connectivity index is 2.03. The van der Waals surface area contributed by atoms with E-state index in [1.54, 1.807) is 6.92 Å². The number of nitrogens with one attached hydrogen (secondary N) is 1. The summed E-state index contributed by atoms with van der Waals surface area (Å²) in [4.78, 5) is 34.4. The average molecular weight is 284 g/mol. The molecule has 2 fully saturated rings. The van der Waals surface area contributed by atoms with Gasteiger partial charge in [-0.1, -0.05) is 19.3 Å². The van der Waals surface area contributed by atoms with Gasteiger partial charge in [0, 0.05) is 11.3 Å². The van der Waals surface area contributed by atoms with Gasteiger partial charge in [0.25, 0.3) is 0 Å². The minimum absolute atomic E-state index is 0.261. The van der Waals surface area contributed by atoms with Crippen LogP contribution in [0.25, 0.3) is 0 Å². The Morgan fingerprint density at radius 3 is 2.50 bits per heavy atom. The lowest BCUT2D eigenvalue weighted by Crippen LogP contribution is -2.57. The standard InChI is InChI=1S/C13H20N2O5/c1-2-20-12(17)13(6-4-3-5-7-13)14-11(16)9-8-10(9)15(18)19/h9-10H,2-8H2,1H3,(H,14,16). The van der Waals surface area contributed by atoms with Gasteiger partial charge in [0.1, 0.15) is 11.5 Å². The van der Waals surface area contributed by atoms with Gasteiger partial charge in [0.15, 0.2) is 0 Å². The summed E-state index contributed by atoms with van der Waals surface area (Å²) < 4.78 is 5.07. The lowest BCUT2D eigenvalue weighted by Gasteiger charge is -2.35. The Labute approximate surface area is 117 Å². The molecule has 7 nitrogen and oxygen atoms in total. The van der Waals surface area contributed by atoms with Gasteiger partial charge in [-0.3, -0.25) is 14.9 Å². The number of carbonyl (C=O) groups excluding carboxylic acids is 2. The van der Waals surface area contributed by atoms with Crippen molar-refractivity contribution in [3.05, 3.63) is 10.1 Å². The molecule has 0 aromatic carbocycles. The van der Waals surface area contributed by atoms with Gasteiger partial charge in [-0.05, 0) is 19.8 Å². The second-order valence-corrected chi connectivity index (χ2v) is 5.55. The van der Waals surface area contributed by atoms with E-state index < -0.39 is 28.4 Å². The summed E-state index contributed by atoms with van der Waals surface area (Å²) in [5.41, 5.74) is -0.977. The van der Waals surface area contributed by atoms with Crippen LogP contribution in [0.2, 0.25) is 0 Å². The van der Waals surface area contributed by atoms with Crippen molar-refractivity contribution in [2.75, 3.05) is 6.61 Å². The van der Waals surface area contributed by atoms with Crippen LogP contribution in [0.1, 0.15) is 45.4 Å². The van der Waals surface area contributed by atoms with E-state index in [4.69, 9.17) is 4.74 Å². The molecule has 0 spiro atoms. The van der Waals surface area contributed by atoms with Crippen molar-refractivity contribution >= 4 is 11.9 Å². The van der Waals surface area contributed by atoms with Gasteiger partial charge in [0.05, 0.1) is 6.61 Å². The van der Waals surface area contributed by atoms with Crippen LogP contribution in [-0.4, -0.2) is 35.0 Å². The van der Waals surface area contributed by atoms with Crippen molar-refractivity contribution in [1.82, 2.24) is 5.32 Å². The molecule has 0 bridgehead atoms. The molecule has 1 amide bonds. The van der Waals surface area contributed by atoms with Crippen LogP contribution in [0.15, 0.2) is 0 Å². The van der Waals surface area contributed by atoms with E-state index in [0.29, 0.717) is 12.8 Å². The summed E-state index contributed by atoms with van der Waals surface area (Å²) in [5.74, 6) is -1.40. The molecule has 112 valence electrons. The number of amides is 1. The second-order valence-electron chi connectivity index (χ2n) is 5.55. The molecule has 1 N–H and O–H groups in total. The van der Waals surface area contributed by atoms with E-state index in [1.807, 2.05) is 0 Å². The molecule has 20 heavy (non-hydrogen) atoms. The summed E-state index contributed by atoms with van der Waals surface area (Å²) in [7, 11) is 0. The van der Waals surface area contributed by atoms with Gasteiger partial charge in [-0.15, -0.1) is 0 Å². The van der Waals surface area contributed by atoms with Crippen LogP contribution in [0, 0.1) is 16.0 Å². The Morgan fingerprint density at radius 1 is 1.35 bits per heavy atom. The predicted octanol–water partition coefficient (Wildman–Crippen LogP) is 1.03. The van der Waals surface area contributed by atoms with Gasteiger partial charge in [0.2, 0.25) is 11.9 Å². The molecule has 0 saturated heterocycles. The fourth-order valence-corrected chi connectivity index (χ4v) is 2.83. The Kier molecular flexibility index (Phi) is 4.25. The van der Waals surface area contributed by atoms with Crippen molar-refractivity contribution in [3.8, 4) is 0 Å². The number of ether oxygens (including phenoxy) is 1. The van der Waals surface area contributed by atoms with Gasteiger partial charge < -0.3 is 10.1 Å². The molecule has 2 aliphatic rings. The smallest absolute Gasteiger partial charge is 0.331 e. The van der Waals surface area contributed by atoms with Gasteiger partial charge in [-0.25, -0.2) is 4.79 Å². The summed E-state index contributed by atoms with van der Waals surface area (Å²) in [6, 6.07) is -0.794. The fourth-order valence-electron chi connectivity index (χ4n) is 2.83. The topological polar surface area (TPSA) is 98.5 Å². The van der Waals surface area contributed by atoms with Crippen LogP contribution >= 0.6 is 0 Å². The number of hydrogen-bond donors (Lipinski definition) is 1. The highest BCUT2D eigenvalue weighted by Crippen LogP contribution is 2.36. The largest absolute Gasteiger partial charge is 0.464 e. The lowest BCUT2D eigenvalue weighted by atomic mass is 9.81.